The third-order valence-corrected chi connectivity index (χ3v) is 7.45. The molecule has 0 bridgehead atoms. The minimum absolute atomic E-state index is 0.0652. The van der Waals surface area contributed by atoms with Crippen molar-refractivity contribution in [3.63, 3.8) is 0 Å². The molecule has 3 rings (SSSR count). The predicted molar refractivity (Wildman–Crippen MR) is 141 cm³/mol. The average molecular weight is 447 g/mol. The molecule has 2 unspecified atom stereocenters. The topological polar surface area (TPSA) is 0 Å². The number of hydrogen-bond donors (Lipinski definition) is 0. The molecule has 0 saturated carbocycles. The van der Waals surface area contributed by atoms with Crippen molar-refractivity contribution in [3.05, 3.63) is 105 Å². The second-order valence-corrected chi connectivity index (χ2v) is 10.8. The van der Waals surface area contributed by atoms with Gasteiger partial charge in [-0.25, -0.2) is 0 Å². The van der Waals surface area contributed by atoms with Gasteiger partial charge in [-0.3, -0.25) is 0 Å². The first-order valence-electron chi connectivity index (χ1n) is 11.9. The third-order valence-electron chi connectivity index (χ3n) is 6.75. The average Bonchev–Trinajstić information content (AvgIpc) is 2.68. The van der Waals surface area contributed by atoms with Crippen LogP contribution in [0, 0.1) is 41.5 Å². The van der Waals surface area contributed by atoms with E-state index in [1.165, 1.54) is 50.1 Å². The number of hydrogen-bond acceptors (Lipinski definition) is 0. The summed E-state index contributed by atoms with van der Waals surface area (Å²) in [6, 6.07) is 20.7. The van der Waals surface area contributed by atoms with E-state index in [9.17, 15) is 0 Å². The second-order valence-electron chi connectivity index (χ2n) is 10.3. The molecule has 170 valence electrons. The van der Waals surface area contributed by atoms with E-state index in [0.717, 1.165) is 25.7 Å². The number of halogens is 1. The highest BCUT2D eigenvalue weighted by Gasteiger charge is 2.34. The molecule has 1 heteroatoms. The fourth-order valence-corrected chi connectivity index (χ4v) is 5.57. The van der Waals surface area contributed by atoms with Crippen molar-refractivity contribution in [2.24, 2.45) is 0 Å². The SMILES string of the molecule is Cc1cc(C)cc(CCC(Cl)C(C)(CCc2cc(C)cc(C)c2)c2cc(C)cc(C)c2)c1. The van der Waals surface area contributed by atoms with E-state index in [1.54, 1.807) is 0 Å². The molecule has 2 atom stereocenters. The summed E-state index contributed by atoms with van der Waals surface area (Å²) in [5, 5.41) is 0.0652. The Labute approximate surface area is 201 Å². The highest BCUT2D eigenvalue weighted by molar-refractivity contribution is 6.21. The van der Waals surface area contributed by atoms with Gasteiger partial charge >= 0.3 is 0 Å². The molecule has 3 aromatic rings. The van der Waals surface area contributed by atoms with Crippen LogP contribution in [0.2, 0.25) is 0 Å². The summed E-state index contributed by atoms with van der Waals surface area (Å²) in [7, 11) is 0. The van der Waals surface area contributed by atoms with Gasteiger partial charge in [0, 0.05) is 10.8 Å². The lowest BCUT2D eigenvalue weighted by atomic mass is 9.72. The zero-order chi connectivity index (χ0) is 23.5. The lowest BCUT2D eigenvalue weighted by Crippen LogP contribution is -2.34. The normalized spacial score (nSPS) is 14.2. The van der Waals surface area contributed by atoms with Gasteiger partial charge < -0.3 is 0 Å². The Morgan fingerprint density at radius 1 is 0.594 bits per heavy atom. The third kappa shape index (κ3) is 6.26. The molecule has 0 aromatic heterocycles. The van der Waals surface area contributed by atoms with Crippen molar-refractivity contribution in [1.29, 1.82) is 0 Å². The number of alkyl halides is 1. The minimum atomic E-state index is -0.0884. The van der Waals surface area contributed by atoms with Crippen LogP contribution in [0.5, 0.6) is 0 Å². The van der Waals surface area contributed by atoms with E-state index >= 15 is 0 Å². The molecule has 3 aromatic carbocycles. The van der Waals surface area contributed by atoms with Crippen molar-refractivity contribution in [2.45, 2.75) is 84.9 Å². The Morgan fingerprint density at radius 3 is 1.41 bits per heavy atom. The lowest BCUT2D eigenvalue weighted by molar-refractivity contribution is 0.396. The van der Waals surface area contributed by atoms with Gasteiger partial charge in [0.1, 0.15) is 0 Å². The summed E-state index contributed by atoms with van der Waals surface area (Å²) < 4.78 is 0. The van der Waals surface area contributed by atoms with Crippen molar-refractivity contribution >= 4 is 11.6 Å². The summed E-state index contributed by atoms with van der Waals surface area (Å²) in [6.45, 7) is 15.5. The number of benzene rings is 3. The summed E-state index contributed by atoms with van der Waals surface area (Å²) in [6.07, 6.45) is 4.07. The zero-order valence-corrected chi connectivity index (χ0v) is 21.7. The van der Waals surface area contributed by atoms with Gasteiger partial charge in [0.15, 0.2) is 0 Å². The minimum Gasteiger partial charge on any atom is -0.122 e. The maximum atomic E-state index is 7.29. The largest absolute Gasteiger partial charge is 0.122 e. The van der Waals surface area contributed by atoms with Crippen LogP contribution in [0.1, 0.15) is 69.8 Å². The zero-order valence-electron chi connectivity index (χ0n) is 21.0. The summed E-state index contributed by atoms with van der Waals surface area (Å²) >= 11 is 7.29. The highest BCUT2D eigenvalue weighted by atomic mass is 35.5. The Balaban J connectivity index is 1.88. The Morgan fingerprint density at radius 2 is 0.969 bits per heavy atom. The fraction of sp³-hybridized carbons (Fsp3) is 0.419. The molecule has 0 aliphatic carbocycles. The monoisotopic (exact) mass is 446 g/mol. The quantitative estimate of drug-likeness (QED) is 0.303. The van der Waals surface area contributed by atoms with E-state index < -0.39 is 0 Å². The molecule has 0 radical (unpaired) electrons. The maximum Gasteiger partial charge on any atom is 0.0433 e. The number of aryl methyl sites for hydroxylation is 8. The van der Waals surface area contributed by atoms with E-state index in [4.69, 9.17) is 11.6 Å². The first kappa shape index (κ1) is 24.6. The first-order chi connectivity index (χ1) is 15.0. The van der Waals surface area contributed by atoms with Crippen molar-refractivity contribution in [2.75, 3.05) is 0 Å². The van der Waals surface area contributed by atoms with Gasteiger partial charge in [-0.05, 0) is 83.9 Å². The van der Waals surface area contributed by atoms with E-state index in [1.807, 2.05) is 0 Å². The maximum absolute atomic E-state index is 7.29. The summed E-state index contributed by atoms with van der Waals surface area (Å²) in [4.78, 5) is 0. The lowest BCUT2D eigenvalue weighted by Gasteiger charge is -2.36. The van der Waals surface area contributed by atoms with Crippen LogP contribution in [0.15, 0.2) is 54.6 Å². The van der Waals surface area contributed by atoms with Crippen LogP contribution in [-0.2, 0) is 18.3 Å². The molecular formula is C31H39Cl. The molecule has 0 fully saturated rings. The van der Waals surface area contributed by atoms with Gasteiger partial charge in [0.2, 0.25) is 0 Å². The standard InChI is InChI=1S/C31H39Cl/c1-21-12-22(2)16-27(15-21)8-9-30(32)31(7,29-19-25(5)14-26(6)20-29)11-10-28-17-23(3)13-24(4)18-28/h12-20,30H,8-11H2,1-7H3. The van der Waals surface area contributed by atoms with E-state index in [-0.39, 0.29) is 10.8 Å². The van der Waals surface area contributed by atoms with Gasteiger partial charge in [-0.15, -0.1) is 11.6 Å². The summed E-state index contributed by atoms with van der Waals surface area (Å²) in [5.74, 6) is 0. The van der Waals surface area contributed by atoms with Crippen LogP contribution in [0.3, 0.4) is 0 Å². The van der Waals surface area contributed by atoms with Gasteiger partial charge in [-0.1, -0.05) is 94.9 Å². The van der Waals surface area contributed by atoms with Crippen LogP contribution in [0.25, 0.3) is 0 Å². The van der Waals surface area contributed by atoms with E-state index in [0.29, 0.717) is 0 Å². The molecule has 0 amide bonds. The Bertz CT molecular complexity index is 1020. The molecule has 0 N–H and O–H groups in total. The van der Waals surface area contributed by atoms with Crippen LogP contribution in [0.4, 0.5) is 0 Å². The first-order valence-corrected chi connectivity index (χ1v) is 12.4. The molecule has 0 nitrogen and oxygen atoms in total. The van der Waals surface area contributed by atoms with Crippen LogP contribution in [-0.4, -0.2) is 5.38 Å². The molecule has 0 aliphatic heterocycles. The summed E-state index contributed by atoms with van der Waals surface area (Å²) in [5.41, 5.74) is 12.1. The van der Waals surface area contributed by atoms with Crippen molar-refractivity contribution in [3.8, 4) is 0 Å². The van der Waals surface area contributed by atoms with Crippen molar-refractivity contribution in [1.82, 2.24) is 0 Å². The number of rotatable bonds is 8. The molecule has 0 saturated heterocycles. The molecule has 0 aliphatic rings. The van der Waals surface area contributed by atoms with Crippen LogP contribution >= 0.6 is 11.6 Å². The smallest absolute Gasteiger partial charge is 0.0433 e. The predicted octanol–water partition coefficient (Wildman–Crippen LogP) is 8.67. The van der Waals surface area contributed by atoms with E-state index in [2.05, 4.69) is 103 Å². The molecule has 0 spiro atoms. The molecular weight excluding hydrogens is 408 g/mol. The van der Waals surface area contributed by atoms with Gasteiger partial charge in [-0.2, -0.15) is 0 Å². The second kappa shape index (κ2) is 10.3. The Kier molecular flexibility index (Phi) is 7.88. The fourth-order valence-electron chi connectivity index (χ4n) is 5.23. The van der Waals surface area contributed by atoms with Crippen molar-refractivity contribution < 1.29 is 0 Å². The van der Waals surface area contributed by atoms with Crippen LogP contribution < -0.4 is 0 Å². The molecule has 32 heavy (non-hydrogen) atoms. The molecule has 0 heterocycles. The highest BCUT2D eigenvalue weighted by Crippen LogP contribution is 2.39. The van der Waals surface area contributed by atoms with Gasteiger partial charge in [0.05, 0.1) is 0 Å². The Hall–Kier alpha value is -2.05. The van der Waals surface area contributed by atoms with Gasteiger partial charge in [0.25, 0.3) is 0 Å².